The minimum absolute atomic E-state index is 0.00691. The summed E-state index contributed by atoms with van der Waals surface area (Å²) >= 11 is 6.55. The number of aliphatic carboxylic acids is 1. The van der Waals surface area contributed by atoms with Crippen LogP contribution in [0.5, 0.6) is 11.6 Å². The van der Waals surface area contributed by atoms with E-state index in [0.29, 0.717) is 44.9 Å². The van der Waals surface area contributed by atoms with Gasteiger partial charge in [-0.3, -0.25) is 14.2 Å². The normalized spacial score (nSPS) is 14.2. The number of aromatic nitrogens is 1. The maximum absolute atomic E-state index is 12.4. The molecule has 2 heterocycles. The number of amides is 1. The van der Waals surface area contributed by atoms with Crippen LogP contribution in [-0.4, -0.2) is 33.8 Å². The molecule has 0 fully saturated rings. The van der Waals surface area contributed by atoms with Gasteiger partial charge in [0.1, 0.15) is 5.75 Å². The fourth-order valence-corrected chi connectivity index (χ4v) is 4.26. The highest BCUT2D eigenvalue weighted by Crippen LogP contribution is 2.29. The molecule has 0 radical (unpaired) electrons. The summed E-state index contributed by atoms with van der Waals surface area (Å²) in [7, 11) is 1.55. The van der Waals surface area contributed by atoms with Crippen molar-refractivity contribution in [2.24, 2.45) is 4.99 Å². The van der Waals surface area contributed by atoms with Crippen molar-refractivity contribution >= 4 is 47.6 Å². The zero-order chi connectivity index (χ0) is 21.0. The van der Waals surface area contributed by atoms with Gasteiger partial charge in [-0.2, -0.15) is 0 Å². The number of nitrogens with zero attached hydrogens (tertiary/aromatic N) is 2. The smallest absolute Gasteiger partial charge is 0.303 e. The Morgan fingerprint density at radius 1 is 1.34 bits per heavy atom. The fraction of sp³-hybridized carbons (Fsp3) is 0.300. The Morgan fingerprint density at radius 3 is 2.86 bits per heavy atom. The molecule has 0 aliphatic carbocycles. The van der Waals surface area contributed by atoms with Crippen LogP contribution in [0.2, 0.25) is 0 Å². The van der Waals surface area contributed by atoms with Crippen molar-refractivity contribution in [1.82, 2.24) is 4.57 Å². The number of methoxy groups -OCH3 is 1. The van der Waals surface area contributed by atoms with Crippen LogP contribution in [0.15, 0.2) is 28.8 Å². The minimum atomic E-state index is -0.812. The van der Waals surface area contributed by atoms with Crippen molar-refractivity contribution in [3.63, 3.8) is 0 Å². The van der Waals surface area contributed by atoms with Crippen molar-refractivity contribution < 1.29 is 24.5 Å². The van der Waals surface area contributed by atoms with Crippen LogP contribution >= 0.6 is 23.6 Å². The van der Waals surface area contributed by atoms with E-state index in [9.17, 15) is 14.7 Å². The van der Waals surface area contributed by atoms with Crippen LogP contribution in [0.1, 0.15) is 30.6 Å². The molecule has 0 saturated heterocycles. The van der Waals surface area contributed by atoms with Gasteiger partial charge in [-0.25, -0.2) is 4.99 Å². The number of hydrogen-bond acceptors (Lipinski definition) is 6. The Bertz CT molecular complexity index is 1160. The van der Waals surface area contributed by atoms with Gasteiger partial charge >= 0.3 is 5.97 Å². The summed E-state index contributed by atoms with van der Waals surface area (Å²) in [5.74, 6) is -0.581. The number of aromatic hydroxyl groups is 1. The molecule has 1 aromatic carbocycles. The maximum Gasteiger partial charge on any atom is 0.303 e. The number of fused-ring (bicyclic) bond motifs is 1. The van der Waals surface area contributed by atoms with Crippen molar-refractivity contribution in [2.75, 3.05) is 7.11 Å². The number of carboxylic acid groups (broad SMARTS) is 1. The molecule has 0 spiro atoms. The zero-order valence-corrected chi connectivity index (χ0v) is 17.4. The molecular weight excluding hydrogens is 412 g/mol. The van der Waals surface area contributed by atoms with Crippen LogP contribution in [0, 0.1) is 3.95 Å². The topological polar surface area (TPSA) is 101 Å². The Labute approximate surface area is 175 Å². The maximum atomic E-state index is 12.4. The van der Waals surface area contributed by atoms with Crippen LogP contribution < -0.4 is 15.3 Å². The lowest BCUT2D eigenvalue weighted by Crippen LogP contribution is -2.30. The first-order valence-corrected chi connectivity index (χ1v) is 10.3. The van der Waals surface area contributed by atoms with Gasteiger partial charge in [0.25, 0.3) is 5.91 Å². The molecule has 3 rings (SSSR count). The molecule has 0 atom stereocenters. The number of thiazole rings is 1. The Kier molecular flexibility index (Phi) is 6.60. The number of rotatable bonds is 8. The number of carboxylic acids is 1. The van der Waals surface area contributed by atoms with Crippen molar-refractivity contribution in [1.29, 1.82) is 0 Å². The molecule has 152 valence electrons. The molecule has 2 N–H and O–H groups in total. The first-order chi connectivity index (χ1) is 13.9. The quantitative estimate of drug-likeness (QED) is 0.378. The number of unbranched alkanes of at least 4 members (excludes halogenated alkanes) is 2. The third-order valence-electron chi connectivity index (χ3n) is 4.47. The van der Waals surface area contributed by atoms with Crippen LogP contribution in [0.3, 0.4) is 0 Å². The van der Waals surface area contributed by atoms with E-state index in [2.05, 4.69) is 4.99 Å². The van der Waals surface area contributed by atoms with Crippen molar-refractivity contribution in [3.05, 3.63) is 43.2 Å². The summed E-state index contributed by atoms with van der Waals surface area (Å²) < 4.78 is 7.26. The molecule has 2 aromatic rings. The average Bonchev–Trinajstić information content (AvgIpc) is 2.94. The van der Waals surface area contributed by atoms with E-state index in [-0.39, 0.29) is 12.3 Å². The molecule has 1 amide bonds. The molecule has 1 aromatic heterocycles. The predicted molar refractivity (Wildman–Crippen MR) is 112 cm³/mol. The first kappa shape index (κ1) is 20.9. The van der Waals surface area contributed by atoms with E-state index in [1.165, 1.54) is 11.3 Å². The molecule has 1 aliphatic rings. The van der Waals surface area contributed by atoms with Gasteiger partial charge in [0, 0.05) is 29.8 Å². The minimum Gasteiger partial charge on any atom is -0.497 e. The third-order valence-corrected chi connectivity index (χ3v) is 5.86. The molecule has 0 unspecified atom stereocenters. The largest absolute Gasteiger partial charge is 0.497 e. The molecule has 1 aliphatic heterocycles. The van der Waals surface area contributed by atoms with Gasteiger partial charge in [-0.15, -0.1) is 11.3 Å². The second-order valence-electron chi connectivity index (χ2n) is 6.50. The van der Waals surface area contributed by atoms with E-state index in [1.807, 2.05) is 6.07 Å². The van der Waals surface area contributed by atoms with E-state index in [4.69, 9.17) is 22.1 Å². The van der Waals surface area contributed by atoms with Crippen LogP contribution in [0.4, 0.5) is 0 Å². The molecule has 29 heavy (non-hydrogen) atoms. The number of carbonyl (C=O) groups excluding carboxylic acids is 1. The highest BCUT2D eigenvalue weighted by molar-refractivity contribution is 7.73. The average molecular weight is 433 g/mol. The fourth-order valence-electron chi connectivity index (χ4n) is 2.95. The van der Waals surface area contributed by atoms with Gasteiger partial charge in [0.05, 0.1) is 17.3 Å². The lowest BCUT2D eigenvalue weighted by Gasteiger charge is -2.06. The van der Waals surface area contributed by atoms with Crippen LogP contribution in [-0.2, 0) is 16.1 Å². The van der Waals surface area contributed by atoms with Crippen LogP contribution in [0.25, 0.3) is 12.2 Å². The van der Waals surface area contributed by atoms with Gasteiger partial charge in [0.2, 0.25) is 5.88 Å². The van der Waals surface area contributed by atoms with Crippen molar-refractivity contribution in [2.45, 2.75) is 32.2 Å². The summed E-state index contributed by atoms with van der Waals surface area (Å²) in [6.07, 6.45) is 5.47. The summed E-state index contributed by atoms with van der Waals surface area (Å²) in [5, 5.41) is 20.5. The van der Waals surface area contributed by atoms with E-state index in [0.717, 1.165) is 11.6 Å². The standard InChI is InChI=1S/C20H20N2O5S2/c1-27-14-7-6-12-9-13(18(25)21-15(12)11-14)10-16-19(26)22(20(28)29-16)8-4-2-3-5-17(23)24/h6-7,9-11,26H,2-5,8H2,1H3,(H,23,24)/b13-10+. The summed E-state index contributed by atoms with van der Waals surface area (Å²) in [6, 6.07) is 5.31. The second-order valence-corrected chi connectivity index (χ2v) is 8.17. The Hall–Kier alpha value is -2.78. The molecule has 0 saturated carbocycles. The monoisotopic (exact) mass is 432 g/mol. The first-order valence-electron chi connectivity index (χ1n) is 9.04. The molecule has 0 bridgehead atoms. The third kappa shape index (κ3) is 4.99. The second kappa shape index (κ2) is 9.15. The molecule has 7 nitrogen and oxygen atoms in total. The predicted octanol–water partition coefficient (Wildman–Crippen LogP) is 2.66. The van der Waals surface area contributed by atoms with E-state index >= 15 is 0 Å². The number of carbonyl (C=O) groups is 2. The Morgan fingerprint density at radius 2 is 2.14 bits per heavy atom. The summed E-state index contributed by atoms with van der Waals surface area (Å²) in [5.41, 5.74) is 0.364. The summed E-state index contributed by atoms with van der Waals surface area (Å²) in [6.45, 7) is 0.495. The summed E-state index contributed by atoms with van der Waals surface area (Å²) in [4.78, 5) is 27.5. The van der Waals surface area contributed by atoms with Gasteiger partial charge in [0.15, 0.2) is 3.95 Å². The van der Waals surface area contributed by atoms with E-state index in [1.54, 1.807) is 36.0 Å². The Balaban J connectivity index is 1.81. The SMILES string of the molecule is COc1ccc2c(c1)=NC(=O)/C(=C/c1sc(=S)n(CCCCCC(=O)O)c1O)C=2. The van der Waals surface area contributed by atoms with E-state index < -0.39 is 11.9 Å². The number of ether oxygens (including phenoxy) is 1. The lowest BCUT2D eigenvalue weighted by molar-refractivity contribution is -0.137. The van der Waals surface area contributed by atoms with Gasteiger partial charge in [-0.1, -0.05) is 6.42 Å². The van der Waals surface area contributed by atoms with Crippen molar-refractivity contribution in [3.8, 4) is 11.6 Å². The number of hydrogen-bond donors (Lipinski definition) is 2. The molecule has 9 heteroatoms. The van der Waals surface area contributed by atoms with Gasteiger partial charge in [-0.05, 0) is 49.3 Å². The van der Waals surface area contributed by atoms with Gasteiger partial charge < -0.3 is 14.9 Å². The highest BCUT2D eigenvalue weighted by Gasteiger charge is 2.15. The lowest BCUT2D eigenvalue weighted by atomic mass is 10.1. The molecular formula is C20H20N2O5S2. The highest BCUT2D eigenvalue weighted by atomic mass is 32.1. The number of benzene rings is 1. The zero-order valence-electron chi connectivity index (χ0n) is 15.8.